The first-order chi connectivity index (χ1) is 17.3. The predicted octanol–water partition coefficient (Wildman–Crippen LogP) is -0.519. The van der Waals surface area contributed by atoms with Crippen molar-refractivity contribution in [3.8, 4) is 0 Å². The van der Waals surface area contributed by atoms with Gasteiger partial charge in [0.2, 0.25) is 17.7 Å². The number of nitrogens with two attached hydrogens (primary N) is 1. The molecule has 0 spiro atoms. The first-order valence-electron chi connectivity index (χ1n) is 11.7. The van der Waals surface area contributed by atoms with Crippen LogP contribution in [0.2, 0.25) is 0 Å². The highest BCUT2D eigenvalue weighted by molar-refractivity contribution is 5.94. The van der Waals surface area contributed by atoms with E-state index in [4.69, 9.17) is 15.9 Å². The molecule has 37 heavy (non-hydrogen) atoms. The monoisotopic (exact) mass is 522 g/mol. The van der Waals surface area contributed by atoms with Crippen molar-refractivity contribution in [1.29, 1.82) is 0 Å². The van der Waals surface area contributed by atoms with Gasteiger partial charge in [0.05, 0.1) is 6.04 Å². The van der Waals surface area contributed by atoms with Gasteiger partial charge in [0.15, 0.2) is 0 Å². The summed E-state index contributed by atoms with van der Waals surface area (Å²) < 4.78 is 0. The Morgan fingerprint density at radius 1 is 0.730 bits per heavy atom. The fourth-order valence-corrected chi connectivity index (χ4v) is 3.24. The second-order valence-corrected chi connectivity index (χ2v) is 8.85. The highest BCUT2D eigenvalue weighted by Gasteiger charge is 2.31. The standard InChI is InChI=1S/C24H34N4O9/c1-13(2)20(25)23(35)28-17(12-14-6-4-3-5-7-14)22(34)26-15(8-10-18(29)30)21(33)27-16(24(36)37)9-11-19(31)32/h3-7,13,15-17,20H,8-12,25H2,1-2H3,(H,26,34)(H,27,33)(H,28,35)(H,29,30)(H,31,32)(H,36,37). The number of aliphatic carboxylic acids is 3. The minimum atomic E-state index is -1.57. The van der Waals surface area contributed by atoms with Crippen LogP contribution in [0.1, 0.15) is 45.1 Å². The SMILES string of the molecule is CC(C)C(N)C(=O)NC(Cc1ccccc1)C(=O)NC(CCC(=O)O)C(=O)NC(CCC(=O)O)C(=O)O. The van der Waals surface area contributed by atoms with Crippen molar-refractivity contribution in [2.24, 2.45) is 11.7 Å². The second-order valence-electron chi connectivity index (χ2n) is 8.85. The summed E-state index contributed by atoms with van der Waals surface area (Å²) in [7, 11) is 0. The van der Waals surface area contributed by atoms with E-state index >= 15 is 0 Å². The zero-order valence-corrected chi connectivity index (χ0v) is 20.7. The van der Waals surface area contributed by atoms with Crippen molar-refractivity contribution in [2.75, 3.05) is 0 Å². The molecule has 0 saturated heterocycles. The Bertz CT molecular complexity index is 968. The van der Waals surface area contributed by atoms with E-state index in [9.17, 15) is 33.9 Å². The first kappa shape index (κ1) is 31.0. The van der Waals surface area contributed by atoms with Crippen LogP contribution >= 0.6 is 0 Å². The van der Waals surface area contributed by atoms with Gasteiger partial charge in [-0.3, -0.25) is 24.0 Å². The number of carboxylic acid groups (broad SMARTS) is 3. The molecule has 8 N–H and O–H groups in total. The molecular weight excluding hydrogens is 488 g/mol. The van der Waals surface area contributed by atoms with Gasteiger partial charge in [-0.15, -0.1) is 0 Å². The van der Waals surface area contributed by atoms with Crippen LogP contribution in [0.5, 0.6) is 0 Å². The number of benzene rings is 1. The number of carbonyl (C=O) groups excluding carboxylic acids is 3. The molecule has 0 bridgehead atoms. The molecule has 4 unspecified atom stereocenters. The van der Waals surface area contributed by atoms with E-state index in [1.165, 1.54) is 0 Å². The molecule has 0 fully saturated rings. The molecule has 0 aliphatic heterocycles. The third kappa shape index (κ3) is 11.5. The number of hydrogen-bond acceptors (Lipinski definition) is 7. The summed E-state index contributed by atoms with van der Waals surface area (Å²) >= 11 is 0. The Hall–Kier alpha value is -4.00. The fraction of sp³-hybridized carbons (Fsp3) is 0.500. The number of carbonyl (C=O) groups is 6. The van der Waals surface area contributed by atoms with Crippen LogP contribution in [-0.4, -0.2) is 75.1 Å². The molecular formula is C24H34N4O9. The maximum Gasteiger partial charge on any atom is 0.326 e. The highest BCUT2D eigenvalue weighted by atomic mass is 16.4. The van der Waals surface area contributed by atoms with Gasteiger partial charge < -0.3 is 37.0 Å². The maximum atomic E-state index is 13.2. The van der Waals surface area contributed by atoms with Crippen LogP contribution in [-0.2, 0) is 35.2 Å². The van der Waals surface area contributed by atoms with Gasteiger partial charge in [-0.1, -0.05) is 44.2 Å². The topological polar surface area (TPSA) is 225 Å². The second kappa shape index (κ2) is 15.2. The summed E-state index contributed by atoms with van der Waals surface area (Å²) in [6, 6.07) is 3.55. The average molecular weight is 523 g/mol. The third-order valence-corrected chi connectivity index (χ3v) is 5.48. The molecule has 0 radical (unpaired) electrons. The average Bonchev–Trinajstić information content (AvgIpc) is 2.83. The molecule has 3 amide bonds. The molecule has 13 heteroatoms. The van der Waals surface area contributed by atoms with E-state index in [2.05, 4.69) is 16.0 Å². The Labute approximate surface area is 213 Å². The summed E-state index contributed by atoms with van der Waals surface area (Å²) in [5.41, 5.74) is 6.58. The first-order valence-corrected chi connectivity index (χ1v) is 11.7. The molecule has 0 aliphatic rings. The van der Waals surface area contributed by atoms with Crippen molar-refractivity contribution >= 4 is 35.6 Å². The molecule has 4 atom stereocenters. The van der Waals surface area contributed by atoms with E-state index in [-0.39, 0.29) is 18.8 Å². The minimum absolute atomic E-state index is 0.0346. The zero-order valence-electron chi connectivity index (χ0n) is 20.7. The predicted molar refractivity (Wildman–Crippen MR) is 130 cm³/mol. The van der Waals surface area contributed by atoms with Gasteiger partial charge in [0, 0.05) is 19.3 Å². The van der Waals surface area contributed by atoms with Crippen LogP contribution in [0, 0.1) is 5.92 Å². The molecule has 13 nitrogen and oxygen atoms in total. The van der Waals surface area contributed by atoms with E-state index in [0.717, 1.165) is 0 Å². The number of carboxylic acids is 3. The number of hydrogen-bond donors (Lipinski definition) is 7. The van der Waals surface area contributed by atoms with E-state index in [0.29, 0.717) is 5.56 Å². The molecule has 1 rings (SSSR count). The molecule has 0 saturated carbocycles. The lowest BCUT2D eigenvalue weighted by Crippen LogP contribution is -2.58. The van der Waals surface area contributed by atoms with Crippen molar-refractivity contribution in [3.05, 3.63) is 35.9 Å². The summed E-state index contributed by atoms with van der Waals surface area (Å²) in [6.45, 7) is 3.46. The van der Waals surface area contributed by atoms with Crippen molar-refractivity contribution in [3.63, 3.8) is 0 Å². The maximum absolute atomic E-state index is 13.2. The lowest BCUT2D eigenvalue weighted by molar-refractivity contribution is -0.144. The van der Waals surface area contributed by atoms with Crippen LogP contribution in [0.4, 0.5) is 0 Å². The summed E-state index contributed by atoms with van der Waals surface area (Å²) in [4.78, 5) is 71.9. The van der Waals surface area contributed by atoms with Crippen LogP contribution < -0.4 is 21.7 Å². The fourth-order valence-electron chi connectivity index (χ4n) is 3.24. The Kier molecular flexibility index (Phi) is 12.7. The summed E-state index contributed by atoms with van der Waals surface area (Å²) in [5.74, 6) is -6.66. The van der Waals surface area contributed by atoms with Crippen LogP contribution in [0.25, 0.3) is 0 Å². The smallest absolute Gasteiger partial charge is 0.326 e. The molecule has 0 aromatic heterocycles. The quantitative estimate of drug-likeness (QED) is 0.147. The number of amides is 3. The van der Waals surface area contributed by atoms with E-state index in [1.807, 2.05) is 0 Å². The summed E-state index contributed by atoms with van der Waals surface area (Å²) in [5, 5.41) is 34.3. The highest BCUT2D eigenvalue weighted by Crippen LogP contribution is 2.08. The summed E-state index contributed by atoms with van der Waals surface area (Å²) in [6.07, 6.45) is -1.83. The molecule has 204 valence electrons. The van der Waals surface area contributed by atoms with Gasteiger partial charge in [0.25, 0.3) is 0 Å². The lowest BCUT2D eigenvalue weighted by Gasteiger charge is -2.25. The normalized spacial score (nSPS) is 14.1. The van der Waals surface area contributed by atoms with Gasteiger partial charge in [-0.2, -0.15) is 0 Å². The molecule has 0 heterocycles. The largest absolute Gasteiger partial charge is 0.481 e. The lowest BCUT2D eigenvalue weighted by atomic mass is 10.0. The third-order valence-electron chi connectivity index (χ3n) is 5.48. The van der Waals surface area contributed by atoms with Crippen LogP contribution in [0.15, 0.2) is 30.3 Å². The number of rotatable bonds is 16. The van der Waals surface area contributed by atoms with Crippen LogP contribution in [0.3, 0.4) is 0 Å². The van der Waals surface area contributed by atoms with Gasteiger partial charge >= 0.3 is 17.9 Å². The van der Waals surface area contributed by atoms with Gasteiger partial charge in [-0.05, 0) is 24.3 Å². The van der Waals surface area contributed by atoms with Crippen molar-refractivity contribution < 1.29 is 44.1 Å². The molecule has 1 aromatic carbocycles. The minimum Gasteiger partial charge on any atom is -0.481 e. The van der Waals surface area contributed by atoms with Gasteiger partial charge in [-0.25, -0.2) is 4.79 Å². The zero-order chi connectivity index (χ0) is 28.1. The van der Waals surface area contributed by atoms with E-state index in [1.54, 1.807) is 44.2 Å². The Morgan fingerprint density at radius 2 is 1.19 bits per heavy atom. The van der Waals surface area contributed by atoms with E-state index < -0.39 is 79.1 Å². The molecule has 1 aromatic rings. The van der Waals surface area contributed by atoms with Crippen molar-refractivity contribution in [1.82, 2.24) is 16.0 Å². The number of nitrogens with one attached hydrogen (secondary N) is 3. The molecule has 0 aliphatic carbocycles. The van der Waals surface area contributed by atoms with Gasteiger partial charge in [0.1, 0.15) is 18.1 Å². The Morgan fingerprint density at radius 3 is 1.68 bits per heavy atom. The van der Waals surface area contributed by atoms with Crippen molar-refractivity contribution in [2.45, 2.75) is 70.1 Å². The Balaban J connectivity index is 3.13.